The van der Waals surface area contributed by atoms with Gasteiger partial charge in [0.25, 0.3) is 5.91 Å². The Kier molecular flexibility index (Phi) is 7.23. The molecule has 3 aromatic rings. The number of carbonyl (C=O) groups is 2. The number of nitrogens with one attached hydrogen (secondary N) is 2. The fourth-order valence-electron chi connectivity index (χ4n) is 2.82. The first-order valence-corrected chi connectivity index (χ1v) is 10.8. The Morgan fingerprint density at radius 2 is 1.87 bits per heavy atom. The number of ether oxygens (including phenoxy) is 1. The van der Waals surface area contributed by atoms with E-state index in [2.05, 4.69) is 37.4 Å². The van der Waals surface area contributed by atoms with Gasteiger partial charge < -0.3 is 15.4 Å². The lowest BCUT2D eigenvalue weighted by molar-refractivity contribution is 0.0600. The van der Waals surface area contributed by atoms with Crippen LogP contribution in [-0.2, 0) is 11.3 Å². The highest BCUT2D eigenvalue weighted by Gasteiger charge is 2.13. The first-order chi connectivity index (χ1) is 14.6. The Morgan fingerprint density at radius 1 is 1.13 bits per heavy atom. The summed E-state index contributed by atoms with van der Waals surface area (Å²) in [6.45, 7) is 3.75. The van der Waals surface area contributed by atoms with E-state index < -0.39 is 5.97 Å². The second-order valence-electron chi connectivity index (χ2n) is 6.42. The van der Waals surface area contributed by atoms with Gasteiger partial charge in [-0.2, -0.15) is 5.10 Å². The van der Waals surface area contributed by atoms with E-state index >= 15 is 0 Å². The number of benzene rings is 1. The van der Waals surface area contributed by atoms with Crippen molar-refractivity contribution in [3.05, 3.63) is 41.6 Å². The number of anilines is 1. The van der Waals surface area contributed by atoms with Gasteiger partial charge in [0, 0.05) is 18.7 Å². The number of esters is 1. The van der Waals surface area contributed by atoms with Gasteiger partial charge in [-0.3, -0.25) is 4.79 Å². The van der Waals surface area contributed by atoms with Crippen molar-refractivity contribution in [3.8, 4) is 0 Å². The Bertz CT molecular complexity index is 1030. The second-order valence-corrected chi connectivity index (χ2v) is 7.19. The minimum Gasteiger partial charge on any atom is -0.465 e. The molecule has 3 rings (SSSR count). The van der Waals surface area contributed by atoms with Crippen molar-refractivity contribution < 1.29 is 14.3 Å². The van der Waals surface area contributed by atoms with Crippen molar-refractivity contribution in [3.63, 3.8) is 0 Å². The Balaban J connectivity index is 1.67. The predicted molar refractivity (Wildman–Crippen MR) is 116 cm³/mol. The van der Waals surface area contributed by atoms with Gasteiger partial charge in [-0.1, -0.05) is 18.7 Å². The number of rotatable bonds is 9. The average molecular weight is 429 g/mol. The first kappa shape index (κ1) is 21.6. The lowest BCUT2D eigenvalue weighted by Crippen LogP contribution is -2.27. The molecular formula is C20H24N6O3S. The van der Waals surface area contributed by atoms with Crippen LogP contribution in [0.1, 0.15) is 34.1 Å². The van der Waals surface area contributed by atoms with Crippen LogP contribution in [0.15, 0.2) is 35.6 Å². The van der Waals surface area contributed by atoms with Gasteiger partial charge in [-0.25, -0.2) is 19.4 Å². The van der Waals surface area contributed by atoms with E-state index in [-0.39, 0.29) is 5.91 Å². The number of aromatic nitrogens is 4. The van der Waals surface area contributed by atoms with E-state index in [4.69, 9.17) is 0 Å². The van der Waals surface area contributed by atoms with Crippen LogP contribution in [0.25, 0.3) is 11.0 Å². The third-order valence-corrected chi connectivity index (χ3v) is 4.93. The van der Waals surface area contributed by atoms with Gasteiger partial charge >= 0.3 is 5.97 Å². The molecule has 158 valence electrons. The van der Waals surface area contributed by atoms with Crippen LogP contribution in [0.5, 0.6) is 0 Å². The standard InChI is InChI=1S/C20H24N6O3S/c1-4-9-21-16-15-12-23-26(17(15)25-20(24-16)30-3)11-10-22-18(27)13-5-7-14(8-6-13)19(28)29-2/h5-8,12H,4,9-11H2,1-3H3,(H,22,27)(H,21,24,25). The molecule has 0 spiro atoms. The molecule has 0 fully saturated rings. The van der Waals surface area contributed by atoms with Crippen molar-refractivity contribution in [1.29, 1.82) is 0 Å². The Morgan fingerprint density at radius 3 is 2.53 bits per heavy atom. The van der Waals surface area contributed by atoms with Crippen LogP contribution in [0.4, 0.5) is 5.82 Å². The van der Waals surface area contributed by atoms with Crippen LogP contribution in [0.3, 0.4) is 0 Å². The molecule has 9 nitrogen and oxygen atoms in total. The van der Waals surface area contributed by atoms with E-state index in [1.165, 1.54) is 18.9 Å². The highest BCUT2D eigenvalue weighted by atomic mass is 32.2. The van der Waals surface area contributed by atoms with Crippen molar-refractivity contribution in [2.24, 2.45) is 0 Å². The maximum atomic E-state index is 12.4. The molecule has 2 heterocycles. The summed E-state index contributed by atoms with van der Waals surface area (Å²) in [5.74, 6) is 0.103. The molecule has 0 aliphatic heterocycles. The predicted octanol–water partition coefficient (Wildman–Crippen LogP) is 2.59. The summed E-state index contributed by atoms with van der Waals surface area (Å²) >= 11 is 1.47. The van der Waals surface area contributed by atoms with Crippen molar-refractivity contribution >= 4 is 40.5 Å². The molecule has 30 heavy (non-hydrogen) atoms. The fraction of sp³-hybridized carbons (Fsp3) is 0.350. The third-order valence-electron chi connectivity index (χ3n) is 4.38. The second kappa shape index (κ2) is 10.1. The number of thioether (sulfide) groups is 1. The molecule has 10 heteroatoms. The van der Waals surface area contributed by atoms with Crippen molar-refractivity contribution in [2.45, 2.75) is 25.0 Å². The molecule has 2 aromatic heterocycles. The maximum Gasteiger partial charge on any atom is 0.337 e. The van der Waals surface area contributed by atoms with Gasteiger partial charge in [0.15, 0.2) is 10.8 Å². The molecule has 0 atom stereocenters. The molecule has 0 saturated carbocycles. The van der Waals surface area contributed by atoms with Crippen LogP contribution in [-0.4, -0.2) is 58.1 Å². The molecule has 1 aromatic carbocycles. The van der Waals surface area contributed by atoms with Crippen molar-refractivity contribution in [1.82, 2.24) is 25.1 Å². The summed E-state index contributed by atoms with van der Waals surface area (Å²) in [4.78, 5) is 32.9. The third kappa shape index (κ3) is 4.88. The quantitative estimate of drug-likeness (QED) is 0.304. The SMILES string of the molecule is CCCNc1nc(SC)nc2c1cnn2CCNC(=O)c1ccc(C(=O)OC)cc1. The molecule has 0 aliphatic rings. The monoisotopic (exact) mass is 428 g/mol. The first-order valence-electron chi connectivity index (χ1n) is 9.55. The zero-order valence-corrected chi connectivity index (χ0v) is 18.0. The Hall–Kier alpha value is -3.14. The summed E-state index contributed by atoms with van der Waals surface area (Å²) < 4.78 is 6.42. The lowest BCUT2D eigenvalue weighted by Gasteiger charge is -2.09. The average Bonchev–Trinajstić information content (AvgIpc) is 3.19. The molecule has 0 unspecified atom stereocenters. The molecule has 0 saturated heterocycles. The zero-order valence-electron chi connectivity index (χ0n) is 17.1. The van der Waals surface area contributed by atoms with Gasteiger partial charge in [0.2, 0.25) is 0 Å². The molecular weight excluding hydrogens is 404 g/mol. The normalized spacial score (nSPS) is 10.8. The lowest BCUT2D eigenvalue weighted by atomic mass is 10.1. The smallest absolute Gasteiger partial charge is 0.337 e. The van der Waals surface area contributed by atoms with Gasteiger partial charge in [-0.15, -0.1) is 0 Å². The number of carbonyl (C=O) groups excluding carboxylic acids is 2. The fourth-order valence-corrected chi connectivity index (χ4v) is 3.18. The molecule has 2 N–H and O–H groups in total. The minimum atomic E-state index is -0.438. The summed E-state index contributed by atoms with van der Waals surface area (Å²) in [5.41, 5.74) is 1.59. The van der Waals surface area contributed by atoms with Crippen LogP contribution in [0, 0.1) is 0 Å². The number of amides is 1. The summed E-state index contributed by atoms with van der Waals surface area (Å²) in [6.07, 6.45) is 4.66. The number of hydrogen-bond donors (Lipinski definition) is 2. The van der Waals surface area contributed by atoms with Gasteiger partial charge in [0.05, 0.1) is 30.8 Å². The number of nitrogens with zero attached hydrogens (tertiary/aromatic N) is 4. The van der Waals surface area contributed by atoms with Crippen LogP contribution in [0.2, 0.25) is 0 Å². The number of methoxy groups -OCH3 is 1. The maximum absolute atomic E-state index is 12.4. The highest BCUT2D eigenvalue weighted by Crippen LogP contribution is 2.23. The molecule has 0 radical (unpaired) electrons. The summed E-state index contributed by atoms with van der Waals surface area (Å²) in [6, 6.07) is 6.31. The van der Waals surface area contributed by atoms with Gasteiger partial charge in [0.1, 0.15) is 5.82 Å². The van der Waals surface area contributed by atoms with Crippen molar-refractivity contribution in [2.75, 3.05) is 31.8 Å². The summed E-state index contributed by atoms with van der Waals surface area (Å²) in [7, 11) is 1.32. The number of fused-ring (bicyclic) bond motifs is 1. The number of hydrogen-bond acceptors (Lipinski definition) is 8. The van der Waals surface area contributed by atoms with E-state index in [0.717, 1.165) is 29.8 Å². The minimum absolute atomic E-state index is 0.229. The molecule has 0 aliphatic carbocycles. The van der Waals surface area contributed by atoms with E-state index in [9.17, 15) is 9.59 Å². The molecule has 1 amide bonds. The van der Waals surface area contributed by atoms with Gasteiger partial charge in [-0.05, 0) is 36.9 Å². The summed E-state index contributed by atoms with van der Waals surface area (Å²) in [5, 5.41) is 12.1. The van der Waals surface area contributed by atoms with E-state index in [0.29, 0.717) is 29.4 Å². The largest absolute Gasteiger partial charge is 0.465 e. The van der Waals surface area contributed by atoms with Crippen LogP contribution < -0.4 is 10.6 Å². The van der Waals surface area contributed by atoms with Crippen LogP contribution >= 0.6 is 11.8 Å². The topological polar surface area (TPSA) is 111 Å². The zero-order chi connectivity index (χ0) is 21.5. The molecule has 0 bridgehead atoms. The van der Waals surface area contributed by atoms with E-state index in [1.807, 2.05) is 6.26 Å². The Labute approximate surface area is 178 Å². The van der Waals surface area contributed by atoms with E-state index in [1.54, 1.807) is 35.1 Å². The highest BCUT2D eigenvalue weighted by molar-refractivity contribution is 7.98.